The second kappa shape index (κ2) is 5.16. The lowest BCUT2D eigenvalue weighted by Gasteiger charge is -2.06. The molecule has 0 aliphatic carbocycles. The molecule has 80 valence electrons. The molecule has 2 rings (SSSR count). The zero-order valence-corrected chi connectivity index (χ0v) is 10.9. The van der Waals surface area contributed by atoms with Crippen LogP contribution in [0.3, 0.4) is 0 Å². The van der Waals surface area contributed by atoms with Crippen LogP contribution in [0.2, 0.25) is 0 Å². The van der Waals surface area contributed by atoms with Gasteiger partial charge in [0.05, 0.1) is 6.54 Å². The predicted octanol–water partition coefficient (Wildman–Crippen LogP) is 3.14. The van der Waals surface area contributed by atoms with Gasteiger partial charge in [0.15, 0.2) is 5.17 Å². The fourth-order valence-corrected chi connectivity index (χ4v) is 2.93. The van der Waals surface area contributed by atoms with E-state index in [4.69, 9.17) is 0 Å². The van der Waals surface area contributed by atoms with Crippen molar-refractivity contribution in [2.24, 2.45) is 4.99 Å². The van der Waals surface area contributed by atoms with Crippen LogP contribution in [0, 0.1) is 5.82 Å². The average Bonchev–Trinajstić information content (AvgIpc) is 2.65. The fourth-order valence-electron chi connectivity index (χ4n) is 1.26. The van der Waals surface area contributed by atoms with Gasteiger partial charge < -0.3 is 5.32 Å². The van der Waals surface area contributed by atoms with Crippen LogP contribution in [0.1, 0.15) is 0 Å². The molecule has 0 unspecified atom stereocenters. The van der Waals surface area contributed by atoms with Crippen LogP contribution in [0.4, 0.5) is 10.1 Å². The summed E-state index contributed by atoms with van der Waals surface area (Å²) in [6.07, 6.45) is 0. The maximum absolute atomic E-state index is 12.9. The number of aliphatic imine (C=N–C) groups is 1. The molecular weight excluding hydrogens is 326 g/mol. The summed E-state index contributed by atoms with van der Waals surface area (Å²) < 4.78 is 14.0. The van der Waals surface area contributed by atoms with E-state index in [1.54, 1.807) is 17.8 Å². The molecule has 1 atom stereocenters. The minimum absolute atomic E-state index is 0.228. The number of halogens is 2. The van der Waals surface area contributed by atoms with Crippen LogP contribution in [-0.2, 0) is 0 Å². The number of hydrogen-bond acceptors (Lipinski definition) is 3. The number of thioether (sulfide) groups is 1. The molecule has 0 bridgehead atoms. The van der Waals surface area contributed by atoms with Crippen LogP contribution in [0.5, 0.6) is 0 Å². The number of amidine groups is 1. The lowest BCUT2D eigenvalue weighted by atomic mass is 10.3. The number of nitrogens with one attached hydrogen (secondary N) is 1. The largest absolute Gasteiger partial charge is 0.335 e. The number of nitrogens with zero attached hydrogens (tertiary/aromatic N) is 1. The molecule has 1 aliphatic heterocycles. The Morgan fingerprint density at radius 2 is 2.47 bits per heavy atom. The van der Waals surface area contributed by atoms with Gasteiger partial charge in [-0.1, -0.05) is 40.4 Å². The van der Waals surface area contributed by atoms with Gasteiger partial charge in [-0.25, -0.2) is 4.39 Å². The smallest absolute Gasteiger partial charge is 0.161 e. The second-order valence-electron chi connectivity index (χ2n) is 3.18. The molecule has 15 heavy (non-hydrogen) atoms. The van der Waals surface area contributed by atoms with Crippen molar-refractivity contribution in [3.05, 3.63) is 30.1 Å². The highest BCUT2D eigenvalue weighted by molar-refractivity contribution is 14.1. The molecule has 0 aromatic heterocycles. The highest BCUT2D eigenvalue weighted by Gasteiger charge is 2.18. The van der Waals surface area contributed by atoms with Crippen LogP contribution in [0.15, 0.2) is 29.3 Å². The Hall–Kier alpha value is -0.300. The Balaban J connectivity index is 1.98. The Morgan fingerprint density at radius 1 is 1.60 bits per heavy atom. The van der Waals surface area contributed by atoms with Crippen LogP contribution in [0.25, 0.3) is 0 Å². The minimum atomic E-state index is -0.228. The SMILES string of the molecule is Fc1cccc(NC2=NC[C@@H](CI)S2)c1. The van der Waals surface area contributed by atoms with E-state index in [9.17, 15) is 4.39 Å². The van der Waals surface area contributed by atoms with E-state index >= 15 is 0 Å². The van der Waals surface area contributed by atoms with Crippen molar-refractivity contribution < 1.29 is 4.39 Å². The lowest BCUT2D eigenvalue weighted by Crippen LogP contribution is -2.08. The van der Waals surface area contributed by atoms with Crippen molar-refractivity contribution in [1.82, 2.24) is 0 Å². The molecular formula is C10H10FIN2S. The molecule has 0 radical (unpaired) electrons. The van der Waals surface area contributed by atoms with Gasteiger partial charge in [0.2, 0.25) is 0 Å². The van der Waals surface area contributed by atoms with E-state index in [0.717, 1.165) is 21.8 Å². The Bertz CT molecular complexity index is 383. The molecule has 1 N–H and O–H groups in total. The molecule has 1 aliphatic rings. The van der Waals surface area contributed by atoms with Crippen molar-refractivity contribution in [3.8, 4) is 0 Å². The molecule has 0 saturated heterocycles. The number of anilines is 1. The van der Waals surface area contributed by atoms with Gasteiger partial charge >= 0.3 is 0 Å². The Labute approximate surface area is 106 Å². The fraction of sp³-hybridized carbons (Fsp3) is 0.300. The molecule has 0 fully saturated rings. The van der Waals surface area contributed by atoms with Gasteiger partial charge in [-0.15, -0.1) is 0 Å². The van der Waals surface area contributed by atoms with Gasteiger partial charge in [-0.2, -0.15) is 0 Å². The summed E-state index contributed by atoms with van der Waals surface area (Å²) in [5.74, 6) is -0.228. The maximum atomic E-state index is 12.9. The standard InChI is InChI=1S/C10H10FIN2S/c11-7-2-1-3-8(4-7)14-10-13-6-9(5-12)15-10/h1-4,9H,5-6H2,(H,13,14)/t9-/m1/s1. The van der Waals surface area contributed by atoms with E-state index in [1.807, 2.05) is 6.07 Å². The first kappa shape index (κ1) is 11.2. The first-order valence-corrected chi connectivity index (χ1v) is 6.98. The lowest BCUT2D eigenvalue weighted by molar-refractivity contribution is 0.628. The van der Waals surface area contributed by atoms with E-state index in [-0.39, 0.29) is 5.82 Å². The summed E-state index contributed by atoms with van der Waals surface area (Å²) >= 11 is 4.07. The summed E-state index contributed by atoms with van der Waals surface area (Å²) in [4.78, 5) is 4.35. The summed E-state index contributed by atoms with van der Waals surface area (Å²) in [5, 5.41) is 4.56. The summed E-state index contributed by atoms with van der Waals surface area (Å²) in [5.41, 5.74) is 0.760. The van der Waals surface area contributed by atoms with Gasteiger partial charge in [0.1, 0.15) is 5.82 Å². The number of alkyl halides is 1. The third-order valence-corrected chi connectivity index (χ3v) is 4.73. The van der Waals surface area contributed by atoms with Crippen molar-refractivity contribution >= 4 is 45.2 Å². The zero-order chi connectivity index (χ0) is 10.7. The number of benzene rings is 1. The first-order valence-electron chi connectivity index (χ1n) is 4.57. The molecule has 2 nitrogen and oxygen atoms in total. The van der Waals surface area contributed by atoms with E-state index in [1.165, 1.54) is 12.1 Å². The van der Waals surface area contributed by atoms with Crippen LogP contribution >= 0.6 is 34.4 Å². The van der Waals surface area contributed by atoms with Crippen molar-refractivity contribution in [2.75, 3.05) is 16.3 Å². The molecule has 5 heteroatoms. The molecule has 0 saturated carbocycles. The zero-order valence-electron chi connectivity index (χ0n) is 7.91. The molecule has 0 spiro atoms. The van der Waals surface area contributed by atoms with Crippen molar-refractivity contribution in [2.45, 2.75) is 5.25 Å². The van der Waals surface area contributed by atoms with Gasteiger partial charge in [-0.3, -0.25) is 4.99 Å². The second-order valence-corrected chi connectivity index (χ2v) is 5.35. The topological polar surface area (TPSA) is 24.4 Å². The van der Waals surface area contributed by atoms with E-state index in [2.05, 4.69) is 32.9 Å². The number of hydrogen-bond donors (Lipinski definition) is 1. The summed E-state index contributed by atoms with van der Waals surface area (Å²) in [6.45, 7) is 0.852. The van der Waals surface area contributed by atoms with Gasteiger partial charge in [-0.05, 0) is 18.2 Å². The molecule has 1 heterocycles. The summed E-state index contributed by atoms with van der Waals surface area (Å²) in [7, 11) is 0. The van der Waals surface area contributed by atoms with Crippen molar-refractivity contribution in [1.29, 1.82) is 0 Å². The molecule has 1 aromatic rings. The van der Waals surface area contributed by atoms with Crippen molar-refractivity contribution in [3.63, 3.8) is 0 Å². The highest BCUT2D eigenvalue weighted by Crippen LogP contribution is 2.24. The predicted molar refractivity (Wildman–Crippen MR) is 72.6 cm³/mol. The maximum Gasteiger partial charge on any atom is 0.161 e. The average molecular weight is 336 g/mol. The number of rotatable bonds is 2. The summed E-state index contributed by atoms with van der Waals surface area (Å²) in [6, 6.07) is 6.43. The Kier molecular flexibility index (Phi) is 3.85. The Morgan fingerprint density at radius 3 is 3.13 bits per heavy atom. The first-order chi connectivity index (χ1) is 7.28. The van der Waals surface area contributed by atoms with E-state index in [0.29, 0.717) is 5.25 Å². The molecule has 0 amide bonds. The highest BCUT2D eigenvalue weighted by atomic mass is 127. The monoisotopic (exact) mass is 336 g/mol. The van der Waals surface area contributed by atoms with Crippen LogP contribution < -0.4 is 5.32 Å². The van der Waals surface area contributed by atoms with E-state index < -0.39 is 0 Å². The quantitative estimate of drug-likeness (QED) is 0.663. The molecule has 1 aromatic carbocycles. The third-order valence-electron chi connectivity index (χ3n) is 1.96. The van der Waals surface area contributed by atoms with Gasteiger partial charge in [0.25, 0.3) is 0 Å². The minimum Gasteiger partial charge on any atom is -0.335 e. The third kappa shape index (κ3) is 3.07. The van der Waals surface area contributed by atoms with Crippen LogP contribution in [-0.4, -0.2) is 21.4 Å². The normalized spacial score (nSPS) is 20.1. The van der Waals surface area contributed by atoms with Gasteiger partial charge in [0, 0.05) is 15.4 Å².